The fraction of sp³-hybridized carbons (Fsp3) is 0.292. The third-order valence-corrected chi connectivity index (χ3v) is 4.95. The van der Waals surface area contributed by atoms with E-state index in [-0.39, 0.29) is 0 Å². The van der Waals surface area contributed by atoms with E-state index in [0.717, 1.165) is 33.0 Å². The molecule has 3 aromatic carbocycles. The van der Waals surface area contributed by atoms with Gasteiger partial charge in [0.15, 0.2) is 6.10 Å². The Balaban J connectivity index is 2.42. The van der Waals surface area contributed by atoms with E-state index in [2.05, 4.69) is 0 Å². The monoisotopic (exact) mass is 396 g/mol. The smallest absolute Gasteiger partial charge is 0.337 e. The summed E-state index contributed by atoms with van der Waals surface area (Å²) in [5.41, 5.74) is 3.81. The van der Waals surface area contributed by atoms with Crippen molar-refractivity contribution in [1.82, 2.24) is 0 Å². The maximum atomic E-state index is 12.2. The first-order valence-electron chi connectivity index (χ1n) is 9.28. The van der Waals surface area contributed by atoms with E-state index in [1.165, 1.54) is 0 Å². The van der Waals surface area contributed by atoms with Crippen molar-refractivity contribution in [2.45, 2.75) is 46.3 Å². The Morgan fingerprint density at radius 1 is 1.04 bits per heavy atom. The van der Waals surface area contributed by atoms with Crippen LogP contribution in [-0.2, 0) is 9.53 Å². The predicted octanol–water partition coefficient (Wildman–Crippen LogP) is 6.72. The molecule has 0 fully saturated rings. The fourth-order valence-corrected chi connectivity index (χ4v) is 3.85. The number of carboxylic acid groups (broad SMARTS) is 1. The van der Waals surface area contributed by atoms with Gasteiger partial charge in [-0.2, -0.15) is 0 Å². The number of hydrogen-bond donors (Lipinski definition) is 1. The molecule has 0 heterocycles. The number of hydrogen-bond acceptors (Lipinski definition) is 2. The van der Waals surface area contributed by atoms with Crippen LogP contribution in [0.1, 0.15) is 43.6 Å². The van der Waals surface area contributed by atoms with Crippen molar-refractivity contribution < 1.29 is 14.6 Å². The van der Waals surface area contributed by atoms with Gasteiger partial charge in [-0.3, -0.25) is 0 Å². The summed E-state index contributed by atoms with van der Waals surface area (Å²) in [5.74, 6) is -0.999. The third kappa shape index (κ3) is 4.06. The van der Waals surface area contributed by atoms with Gasteiger partial charge >= 0.3 is 5.97 Å². The molecule has 146 valence electrons. The number of carbonyl (C=O) groups is 1. The Morgan fingerprint density at radius 3 is 2.32 bits per heavy atom. The van der Waals surface area contributed by atoms with Crippen LogP contribution >= 0.6 is 11.6 Å². The summed E-state index contributed by atoms with van der Waals surface area (Å²) in [6.45, 7) is 9.53. The quantitative estimate of drug-likeness (QED) is 0.532. The molecule has 0 saturated heterocycles. The van der Waals surface area contributed by atoms with Crippen LogP contribution in [0.25, 0.3) is 21.9 Å². The zero-order valence-electron chi connectivity index (χ0n) is 16.8. The summed E-state index contributed by atoms with van der Waals surface area (Å²) in [6, 6.07) is 15.7. The highest BCUT2D eigenvalue weighted by Crippen LogP contribution is 2.41. The highest BCUT2D eigenvalue weighted by molar-refractivity contribution is 6.30. The number of carboxylic acids is 1. The van der Waals surface area contributed by atoms with Crippen molar-refractivity contribution in [3.05, 3.63) is 70.2 Å². The lowest BCUT2D eigenvalue weighted by molar-refractivity contribution is -0.160. The van der Waals surface area contributed by atoms with Gasteiger partial charge in [-0.15, -0.1) is 0 Å². The second-order valence-corrected chi connectivity index (χ2v) is 8.55. The van der Waals surface area contributed by atoms with Crippen molar-refractivity contribution in [3.63, 3.8) is 0 Å². The summed E-state index contributed by atoms with van der Waals surface area (Å²) in [6.07, 6.45) is -1.07. The first-order chi connectivity index (χ1) is 13.1. The van der Waals surface area contributed by atoms with E-state index in [0.29, 0.717) is 10.6 Å². The van der Waals surface area contributed by atoms with Gasteiger partial charge < -0.3 is 9.84 Å². The fourth-order valence-electron chi connectivity index (χ4n) is 3.63. The molecule has 28 heavy (non-hydrogen) atoms. The molecule has 3 nitrogen and oxygen atoms in total. The molecule has 0 aromatic heterocycles. The molecule has 0 spiro atoms. The van der Waals surface area contributed by atoms with Crippen molar-refractivity contribution >= 4 is 28.3 Å². The van der Waals surface area contributed by atoms with Gasteiger partial charge in [0.2, 0.25) is 0 Å². The maximum Gasteiger partial charge on any atom is 0.337 e. The van der Waals surface area contributed by atoms with Gasteiger partial charge in [-0.25, -0.2) is 4.79 Å². The van der Waals surface area contributed by atoms with E-state index >= 15 is 0 Å². The van der Waals surface area contributed by atoms with Crippen LogP contribution in [0.3, 0.4) is 0 Å². The Labute approximate surface area is 170 Å². The second-order valence-electron chi connectivity index (χ2n) is 8.11. The molecule has 0 radical (unpaired) electrons. The van der Waals surface area contributed by atoms with Crippen LogP contribution in [0, 0.1) is 13.8 Å². The van der Waals surface area contributed by atoms with Crippen LogP contribution < -0.4 is 0 Å². The van der Waals surface area contributed by atoms with Crippen molar-refractivity contribution in [2.24, 2.45) is 0 Å². The van der Waals surface area contributed by atoms with E-state index in [9.17, 15) is 9.90 Å². The molecule has 0 bridgehead atoms. The summed E-state index contributed by atoms with van der Waals surface area (Å²) < 4.78 is 6.02. The minimum atomic E-state index is -1.07. The molecular formula is C24H25ClO3. The van der Waals surface area contributed by atoms with E-state index in [4.69, 9.17) is 16.3 Å². The summed E-state index contributed by atoms with van der Waals surface area (Å²) in [7, 11) is 0. The average molecular weight is 397 g/mol. The molecule has 3 rings (SSSR count). The van der Waals surface area contributed by atoms with Crippen LogP contribution in [0.2, 0.25) is 5.02 Å². The van der Waals surface area contributed by atoms with Gasteiger partial charge in [-0.1, -0.05) is 48.0 Å². The number of aliphatic carboxylic acids is 1. The lowest BCUT2D eigenvalue weighted by atomic mass is 9.85. The van der Waals surface area contributed by atoms with Crippen LogP contribution in [0.4, 0.5) is 0 Å². The second kappa shape index (κ2) is 7.57. The molecule has 1 atom stereocenters. The highest BCUT2D eigenvalue weighted by atomic mass is 35.5. The molecular weight excluding hydrogens is 372 g/mol. The largest absolute Gasteiger partial charge is 0.479 e. The van der Waals surface area contributed by atoms with E-state index in [1.807, 2.05) is 83.1 Å². The van der Waals surface area contributed by atoms with Crippen LogP contribution in [0.15, 0.2) is 48.5 Å². The summed E-state index contributed by atoms with van der Waals surface area (Å²) >= 11 is 6.18. The van der Waals surface area contributed by atoms with Gasteiger partial charge in [0.05, 0.1) is 5.60 Å². The van der Waals surface area contributed by atoms with E-state index in [1.54, 1.807) is 0 Å². The Bertz CT molecular complexity index is 1050. The highest BCUT2D eigenvalue weighted by Gasteiger charge is 2.31. The number of benzene rings is 3. The first kappa shape index (κ1) is 20.4. The van der Waals surface area contributed by atoms with Crippen LogP contribution in [0.5, 0.6) is 0 Å². The molecule has 3 aromatic rings. The lowest BCUT2D eigenvalue weighted by Gasteiger charge is -2.29. The van der Waals surface area contributed by atoms with Crippen molar-refractivity contribution in [1.29, 1.82) is 0 Å². The Kier molecular flexibility index (Phi) is 5.51. The number of ether oxygens (including phenoxy) is 1. The molecule has 0 aliphatic carbocycles. The van der Waals surface area contributed by atoms with Crippen molar-refractivity contribution in [2.75, 3.05) is 0 Å². The van der Waals surface area contributed by atoms with E-state index < -0.39 is 17.7 Å². The molecule has 4 heteroatoms. The molecule has 0 unspecified atom stereocenters. The molecule has 0 amide bonds. The minimum Gasteiger partial charge on any atom is -0.479 e. The zero-order valence-corrected chi connectivity index (χ0v) is 17.6. The lowest BCUT2D eigenvalue weighted by Crippen LogP contribution is -2.28. The maximum absolute atomic E-state index is 12.2. The Hall–Kier alpha value is -2.36. The number of rotatable bonds is 4. The standard InChI is InChI=1S/C24H25ClO3/c1-14-13-17(25)10-11-18(14)21-19-9-7-6-8-16(19)12-15(2)20(21)22(23(26)27)28-24(3,4)5/h6-13,22H,1-5H3,(H,26,27)/t22-/m0/s1. The van der Waals surface area contributed by atoms with Gasteiger partial charge in [0, 0.05) is 10.6 Å². The SMILES string of the molecule is Cc1cc(Cl)ccc1-c1c([C@H](OC(C)(C)C)C(=O)O)c(C)cc2ccccc12. The molecule has 0 aliphatic heterocycles. The molecule has 0 aliphatic rings. The Morgan fingerprint density at radius 2 is 1.71 bits per heavy atom. The summed E-state index contributed by atoms with van der Waals surface area (Å²) in [5, 5.41) is 12.7. The zero-order chi connectivity index (χ0) is 20.6. The number of aryl methyl sites for hydroxylation is 2. The molecule has 1 N–H and O–H groups in total. The topological polar surface area (TPSA) is 46.5 Å². The number of halogens is 1. The van der Waals surface area contributed by atoms with Crippen LogP contribution in [-0.4, -0.2) is 16.7 Å². The average Bonchev–Trinajstić information content (AvgIpc) is 2.58. The number of fused-ring (bicyclic) bond motifs is 1. The predicted molar refractivity (Wildman–Crippen MR) is 115 cm³/mol. The van der Waals surface area contributed by atoms with Gasteiger partial charge in [0.25, 0.3) is 0 Å². The minimum absolute atomic E-state index is 0.604. The summed E-state index contributed by atoms with van der Waals surface area (Å²) in [4.78, 5) is 12.2. The first-order valence-corrected chi connectivity index (χ1v) is 9.65. The van der Waals surface area contributed by atoms with Crippen molar-refractivity contribution in [3.8, 4) is 11.1 Å². The van der Waals surface area contributed by atoms with Gasteiger partial charge in [0.1, 0.15) is 0 Å². The normalized spacial score (nSPS) is 12.9. The molecule has 0 saturated carbocycles. The third-order valence-electron chi connectivity index (χ3n) is 4.71. The van der Waals surface area contributed by atoms with Gasteiger partial charge in [-0.05, 0) is 79.8 Å².